The van der Waals surface area contributed by atoms with Crippen molar-refractivity contribution in [1.29, 1.82) is 0 Å². The van der Waals surface area contributed by atoms with E-state index in [9.17, 15) is 17.6 Å². The summed E-state index contributed by atoms with van der Waals surface area (Å²) in [5, 5.41) is 12.3. The highest BCUT2D eigenvalue weighted by Crippen LogP contribution is 2.36. The number of nitrogens with one attached hydrogen (secondary N) is 1. The van der Waals surface area contributed by atoms with Crippen LogP contribution in [0, 0.1) is 5.82 Å². The summed E-state index contributed by atoms with van der Waals surface area (Å²) in [5.74, 6) is -2.09. The zero-order valence-electron chi connectivity index (χ0n) is 19.7. The fraction of sp³-hybridized carbons (Fsp3) is 0.375. The highest BCUT2D eigenvalue weighted by Gasteiger charge is 2.25. The predicted octanol–water partition coefficient (Wildman–Crippen LogP) is 4.77. The van der Waals surface area contributed by atoms with Crippen molar-refractivity contribution in [3.8, 4) is 22.8 Å². The number of rotatable bonds is 7. The van der Waals surface area contributed by atoms with Crippen molar-refractivity contribution in [3.63, 3.8) is 0 Å². The third kappa shape index (κ3) is 5.14. The Bertz CT molecular complexity index is 1360. The van der Waals surface area contributed by atoms with E-state index in [2.05, 4.69) is 26.7 Å². The van der Waals surface area contributed by atoms with Gasteiger partial charge in [-0.3, -0.25) is 4.72 Å². The van der Waals surface area contributed by atoms with Crippen LogP contribution in [0.1, 0.15) is 50.4 Å². The molecule has 2 heterocycles. The number of sulfonamides is 1. The molecule has 11 heteroatoms. The lowest BCUT2D eigenvalue weighted by Gasteiger charge is -2.36. The second kappa shape index (κ2) is 9.65. The van der Waals surface area contributed by atoms with Crippen LogP contribution in [0.2, 0.25) is 0 Å². The van der Waals surface area contributed by atoms with Gasteiger partial charge in [0.25, 0.3) is 5.89 Å². The van der Waals surface area contributed by atoms with Gasteiger partial charge in [0.1, 0.15) is 5.82 Å². The van der Waals surface area contributed by atoms with Crippen LogP contribution >= 0.6 is 0 Å². The molecule has 0 amide bonds. The molecule has 186 valence electrons. The molecule has 2 N–H and O–H groups in total. The third-order valence-electron chi connectivity index (χ3n) is 6.11. The summed E-state index contributed by atoms with van der Waals surface area (Å²) < 4.78 is 47.6. The van der Waals surface area contributed by atoms with Gasteiger partial charge >= 0.3 is 5.97 Å². The Morgan fingerprint density at radius 2 is 1.94 bits per heavy atom. The molecule has 4 rings (SSSR count). The molecule has 0 saturated carbocycles. The molecule has 0 spiro atoms. The topological polar surface area (TPSA) is 126 Å². The number of carboxylic acids is 1. The van der Waals surface area contributed by atoms with Crippen LogP contribution in [0.25, 0.3) is 22.8 Å². The molecule has 0 aliphatic carbocycles. The molecule has 9 nitrogen and oxygen atoms in total. The summed E-state index contributed by atoms with van der Waals surface area (Å²) >= 11 is 0. The lowest BCUT2D eigenvalue weighted by molar-refractivity contribution is 0.0692. The molecule has 1 atom stereocenters. The lowest BCUT2D eigenvalue weighted by Crippen LogP contribution is -2.38. The fourth-order valence-corrected chi connectivity index (χ4v) is 4.72. The Labute approximate surface area is 203 Å². The number of aromatic nitrogens is 2. The van der Waals surface area contributed by atoms with Crippen molar-refractivity contribution in [3.05, 3.63) is 47.8 Å². The van der Waals surface area contributed by atoms with Crippen molar-refractivity contribution < 1.29 is 27.2 Å². The highest BCUT2D eigenvalue weighted by molar-refractivity contribution is 7.93. The number of nitrogens with zero attached hydrogens (tertiary/aromatic N) is 3. The van der Waals surface area contributed by atoms with Gasteiger partial charge in [-0.2, -0.15) is 4.98 Å². The number of halogens is 1. The molecule has 0 bridgehead atoms. The average Bonchev–Trinajstić information content (AvgIpc) is 3.29. The molecular weight excluding hydrogens is 475 g/mol. The number of hydrogen-bond donors (Lipinski definition) is 2. The van der Waals surface area contributed by atoms with Crippen molar-refractivity contribution in [2.75, 3.05) is 16.2 Å². The second-order valence-corrected chi connectivity index (χ2v) is 11.1. The van der Waals surface area contributed by atoms with Crippen LogP contribution in [0.5, 0.6) is 0 Å². The van der Waals surface area contributed by atoms with Gasteiger partial charge in [0.2, 0.25) is 15.8 Å². The van der Waals surface area contributed by atoms with Gasteiger partial charge in [0.05, 0.1) is 22.2 Å². The number of piperidine rings is 1. The molecule has 3 aromatic rings. The van der Waals surface area contributed by atoms with Gasteiger partial charge in [0, 0.05) is 23.7 Å². The number of anilines is 2. The Morgan fingerprint density at radius 1 is 1.20 bits per heavy atom. The Hall–Kier alpha value is -3.47. The zero-order chi connectivity index (χ0) is 25.3. The normalized spacial score (nSPS) is 16.5. The third-order valence-corrected chi connectivity index (χ3v) is 7.86. The van der Waals surface area contributed by atoms with E-state index in [1.165, 1.54) is 6.07 Å². The smallest absolute Gasteiger partial charge is 0.338 e. The van der Waals surface area contributed by atoms with E-state index in [1.807, 2.05) is 6.07 Å². The van der Waals surface area contributed by atoms with Crippen molar-refractivity contribution in [2.24, 2.45) is 0 Å². The van der Waals surface area contributed by atoms with E-state index in [0.717, 1.165) is 43.6 Å². The van der Waals surface area contributed by atoms with Crippen LogP contribution in [0.3, 0.4) is 0 Å². The van der Waals surface area contributed by atoms with Crippen molar-refractivity contribution in [2.45, 2.75) is 51.3 Å². The first kappa shape index (κ1) is 24.6. The van der Waals surface area contributed by atoms with E-state index >= 15 is 0 Å². The van der Waals surface area contributed by atoms with Crippen LogP contribution < -0.4 is 9.62 Å². The molecular formula is C24H27FN4O5S. The second-order valence-electron chi connectivity index (χ2n) is 8.89. The van der Waals surface area contributed by atoms with Gasteiger partial charge in [-0.05, 0) is 76.4 Å². The number of carbonyl (C=O) groups is 1. The van der Waals surface area contributed by atoms with Gasteiger partial charge < -0.3 is 14.5 Å². The SMILES string of the molecule is CC1CCCCN1c1ccc(-c2nc(-c3ccc(C(=O)O)c(F)c3)no2)cc1NS(=O)(=O)C(C)C. The minimum absolute atomic E-state index is 0.0777. The van der Waals surface area contributed by atoms with Crippen LogP contribution in [-0.2, 0) is 10.0 Å². The van der Waals surface area contributed by atoms with Crippen molar-refractivity contribution >= 4 is 27.4 Å². The summed E-state index contributed by atoms with van der Waals surface area (Å²) in [4.78, 5) is 17.6. The summed E-state index contributed by atoms with van der Waals surface area (Å²) in [6.45, 7) is 6.15. The van der Waals surface area contributed by atoms with Gasteiger partial charge in [-0.15, -0.1) is 0 Å². The lowest BCUT2D eigenvalue weighted by atomic mass is 10.0. The quantitative estimate of drug-likeness (QED) is 0.473. The fourth-order valence-electron chi connectivity index (χ4n) is 4.01. The van der Waals surface area contributed by atoms with E-state index in [4.69, 9.17) is 9.63 Å². The number of carboxylic acid groups (broad SMARTS) is 1. The van der Waals surface area contributed by atoms with Crippen LogP contribution in [-0.4, -0.2) is 47.5 Å². The molecule has 1 fully saturated rings. The summed E-state index contributed by atoms with van der Waals surface area (Å²) in [7, 11) is -3.62. The van der Waals surface area contributed by atoms with Gasteiger partial charge in [-0.25, -0.2) is 17.6 Å². The Morgan fingerprint density at radius 3 is 2.60 bits per heavy atom. The molecule has 0 radical (unpaired) electrons. The minimum atomic E-state index is -3.62. The maximum atomic E-state index is 14.1. The molecule has 1 aromatic heterocycles. The van der Waals surface area contributed by atoms with Gasteiger partial charge in [-0.1, -0.05) is 5.16 Å². The van der Waals surface area contributed by atoms with Gasteiger partial charge in [0.15, 0.2) is 0 Å². The summed E-state index contributed by atoms with van der Waals surface area (Å²) in [6, 6.07) is 9.08. The molecule has 1 saturated heterocycles. The largest absolute Gasteiger partial charge is 0.478 e. The first-order chi connectivity index (χ1) is 16.6. The maximum Gasteiger partial charge on any atom is 0.338 e. The maximum absolute atomic E-state index is 14.1. The van der Waals surface area contributed by atoms with E-state index in [0.29, 0.717) is 11.3 Å². The summed E-state index contributed by atoms with van der Waals surface area (Å²) in [5.41, 5.74) is 1.48. The van der Waals surface area contributed by atoms with E-state index < -0.39 is 32.6 Å². The number of aromatic carboxylic acids is 1. The Balaban J connectivity index is 1.72. The first-order valence-corrected chi connectivity index (χ1v) is 12.9. The molecule has 2 aromatic carbocycles. The first-order valence-electron chi connectivity index (χ1n) is 11.4. The predicted molar refractivity (Wildman–Crippen MR) is 130 cm³/mol. The molecule has 1 aliphatic rings. The van der Waals surface area contributed by atoms with Crippen LogP contribution in [0.15, 0.2) is 40.9 Å². The Kier molecular flexibility index (Phi) is 6.79. The number of hydrogen-bond acceptors (Lipinski definition) is 7. The minimum Gasteiger partial charge on any atom is -0.478 e. The number of benzene rings is 2. The monoisotopic (exact) mass is 502 g/mol. The standard InChI is InChI=1S/C24H27FN4O5S/c1-14(2)35(32,33)28-20-13-17(8-10-21(20)29-11-5-4-6-15(29)3)23-26-22(27-34-23)16-7-9-18(24(30)31)19(25)12-16/h7-10,12-15,28H,4-6,11H2,1-3H3,(H,30,31). The molecule has 1 unspecified atom stereocenters. The van der Waals surface area contributed by atoms with Crippen molar-refractivity contribution in [1.82, 2.24) is 10.1 Å². The van der Waals surface area contributed by atoms with E-state index in [1.54, 1.807) is 26.0 Å². The van der Waals surface area contributed by atoms with E-state index in [-0.39, 0.29) is 23.3 Å². The highest BCUT2D eigenvalue weighted by atomic mass is 32.2. The van der Waals surface area contributed by atoms with Crippen LogP contribution in [0.4, 0.5) is 15.8 Å². The zero-order valence-corrected chi connectivity index (χ0v) is 20.5. The summed E-state index contributed by atoms with van der Waals surface area (Å²) in [6.07, 6.45) is 3.16. The average molecular weight is 503 g/mol. The molecule has 1 aliphatic heterocycles. The molecule has 35 heavy (non-hydrogen) atoms.